The highest BCUT2D eigenvalue weighted by molar-refractivity contribution is 5.28. The number of aliphatic hydroxyl groups excluding tert-OH is 1. The largest absolute Gasteiger partial charge is 0.508 e. The van der Waals surface area contributed by atoms with E-state index in [1.54, 1.807) is 12.1 Å². The lowest BCUT2D eigenvalue weighted by Gasteiger charge is -2.05. The third-order valence-corrected chi connectivity index (χ3v) is 1.61. The van der Waals surface area contributed by atoms with E-state index in [9.17, 15) is 4.39 Å². The Morgan fingerprint density at radius 1 is 1.42 bits per heavy atom. The Hall–Kier alpha value is -1.09. The fourth-order valence-electron chi connectivity index (χ4n) is 1.000. The van der Waals surface area contributed by atoms with Crippen molar-refractivity contribution < 1.29 is 14.6 Å². The second kappa shape index (κ2) is 4.07. The van der Waals surface area contributed by atoms with Crippen LogP contribution >= 0.6 is 0 Å². The van der Waals surface area contributed by atoms with Gasteiger partial charge in [0.1, 0.15) is 11.9 Å². The molecule has 0 aromatic heterocycles. The van der Waals surface area contributed by atoms with Crippen LogP contribution in [-0.2, 0) is 0 Å². The summed E-state index contributed by atoms with van der Waals surface area (Å²) >= 11 is 0. The summed E-state index contributed by atoms with van der Waals surface area (Å²) in [6.45, 7) is -0.184. The van der Waals surface area contributed by atoms with Crippen molar-refractivity contribution >= 4 is 0 Å². The first-order chi connectivity index (χ1) is 5.74. The van der Waals surface area contributed by atoms with E-state index in [1.807, 2.05) is 0 Å². The summed E-state index contributed by atoms with van der Waals surface area (Å²) in [4.78, 5) is 0. The average Bonchev–Trinajstić information content (AvgIpc) is 2.05. The topological polar surface area (TPSA) is 40.5 Å². The van der Waals surface area contributed by atoms with Crippen molar-refractivity contribution in [2.75, 3.05) is 6.61 Å². The van der Waals surface area contributed by atoms with Crippen LogP contribution < -0.4 is 0 Å². The molecule has 0 saturated carbocycles. The summed E-state index contributed by atoms with van der Waals surface area (Å²) in [5.74, 6) is 0.0492. The Bertz CT molecular complexity index is 250. The Morgan fingerprint density at radius 3 is 2.75 bits per heavy atom. The average molecular weight is 170 g/mol. The van der Waals surface area contributed by atoms with Crippen LogP contribution in [0, 0.1) is 0 Å². The van der Waals surface area contributed by atoms with E-state index in [1.165, 1.54) is 12.1 Å². The van der Waals surface area contributed by atoms with Crippen molar-refractivity contribution in [1.29, 1.82) is 0 Å². The number of phenolic OH excluding ortho intramolecular Hbond substituents is 1. The van der Waals surface area contributed by atoms with Crippen molar-refractivity contribution in [2.45, 2.75) is 12.6 Å². The summed E-state index contributed by atoms with van der Waals surface area (Å²) < 4.78 is 13.0. The summed E-state index contributed by atoms with van der Waals surface area (Å²) in [6.07, 6.45) is -1.12. The molecule has 1 aromatic rings. The van der Waals surface area contributed by atoms with E-state index in [4.69, 9.17) is 10.2 Å². The van der Waals surface area contributed by atoms with E-state index in [-0.39, 0.29) is 18.8 Å². The first kappa shape index (κ1) is 9.00. The van der Waals surface area contributed by atoms with E-state index < -0.39 is 6.17 Å². The number of hydrogen-bond donors (Lipinski definition) is 2. The predicted molar refractivity (Wildman–Crippen MR) is 43.7 cm³/mol. The van der Waals surface area contributed by atoms with Crippen LogP contribution in [0.4, 0.5) is 4.39 Å². The van der Waals surface area contributed by atoms with Crippen LogP contribution in [0.5, 0.6) is 5.75 Å². The fraction of sp³-hybridized carbons (Fsp3) is 0.333. The van der Waals surface area contributed by atoms with Gasteiger partial charge in [-0.15, -0.1) is 0 Å². The quantitative estimate of drug-likeness (QED) is 0.726. The van der Waals surface area contributed by atoms with Gasteiger partial charge in [0, 0.05) is 13.0 Å². The first-order valence-corrected chi connectivity index (χ1v) is 3.78. The molecule has 1 aromatic carbocycles. The molecule has 0 aliphatic heterocycles. The van der Waals surface area contributed by atoms with Gasteiger partial charge in [-0.25, -0.2) is 4.39 Å². The lowest BCUT2D eigenvalue weighted by molar-refractivity contribution is 0.222. The van der Waals surface area contributed by atoms with Crippen LogP contribution in [0.15, 0.2) is 24.3 Å². The molecule has 3 heteroatoms. The van der Waals surface area contributed by atoms with Crippen LogP contribution in [-0.4, -0.2) is 16.8 Å². The van der Waals surface area contributed by atoms with Gasteiger partial charge in [0.2, 0.25) is 0 Å². The molecule has 2 N–H and O–H groups in total. The summed E-state index contributed by atoms with van der Waals surface area (Å²) in [5.41, 5.74) is 0.407. The highest BCUT2D eigenvalue weighted by atomic mass is 19.1. The number of aromatic hydroxyl groups is 1. The smallest absolute Gasteiger partial charge is 0.127 e. The molecule has 1 atom stereocenters. The molecular formula is C9H11FO2. The summed E-state index contributed by atoms with van der Waals surface area (Å²) in [7, 11) is 0. The second-order valence-electron chi connectivity index (χ2n) is 2.57. The molecule has 66 valence electrons. The number of hydrogen-bond acceptors (Lipinski definition) is 2. The maximum absolute atomic E-state index is 13.0. The van der Waals surface area contributed by atoms with Crippen LogP contribution in [0.3, 0.4) is 0 Å². The van der Waals surface area contributed by atoms with Crippen molar-refractivity contribution in [3.63, 3.8) is 0 Å². The molecule has 0 heterocycles. The fourth-order valence-corrected chi connectivity index (χ4v) is 1.000. The molecule has 0 aliphatic carbocycles. The zero-order valence-electron chi connectivity index (χ0n) is 6.57. The molecule has 0 saturated heterocycles. The van der Waals surface area contributed by atoms with Gasteiger partial charge in [-0.1, -0.05) is 12.1 Å². The lowest BCUT2D eigenvalue weighted by atomic mass is 10.1. The summed E-state index contributed by atoms with van der Waals surface area (Å²) in [6, 6.07) is 6.00. The minimum atomic E-state index is -1.19. The lowest BCUT2D eigenvalue weighted by Crippen LogP contribution is -1.94. The molecular weight excluding hydrogens is 159 g/mol. The molecule has 2 nitrogen and oxygen atoms in total. The number of benzene rings is 1. The molecule has 0 fully saturated rings. The minimum absolute atomic E-state index is 0.0492. The molecule has 0 aliphatic rings. The first-order valence-electron chi connectivity index (χ1n) is 3.78. The maximum Gasteiger partial charge on any atom is 0.127 e. The van der Waals surface area contributed by atoms with E-state index in [2.05, 4.69) is 0 Å². The third-order valence-electron chi connectivity index (χ3n) is 1.61. The second-order valence-corrected chi connectivity index (χ2v) is 2.57. The van der Waals surface area contributed by atoms with Gasteiger partial charge < -0.3 is 10.2 Å². The van der Waals surface area contributed by atoms with E-state index >= 15 is 0 Å². The van der Waals surface area contributed by atoms with Gasteiger partial charge in [-0.05, 0) is 17.7 Å². The minimum Gasteiger partial charge on any atom is -0.508 e. The van der Waals surface area contributed by atoms with Crippen molar-refractivity contribution in [3.05, 3.63) is 29.8 Å². The van der Waals surface area contributed by atoms with Crippen molar-refractivity contribution in [1.82, 2.24) is 0 Å². The number of alkyl halides is 1. The van der Waals surface area contributed by atoms with Crippen LogP contribution in [0.25, 0.3) is 0 Å². The highest BCUT2D eigenvalue weighted by Crippen LogP contribution is 2.23. The third kappa shape index (κ3) is 2.20. The van der Waals surface area contributed by atoms with E-state index in [0.29, 0.717) is 5.56 Å². The Kier molecular flexibility index (Phi) is 3.05. The van der Waals surface area contributed by atoms with Crippen molar-refractivity contribution in [2.24, 2.45) is 0 Å². The van der Waals surface area contributed by atoms with Crippen LogP contribution in [0.1, 0.15) is 18.2 Å². The zero-order valence-corrected chi connectivity index (χ0v) is 6.57. The molecule has 1 unspecified atom stereocenters. The van der Waals surface area contributed by atoms with Gasteiger partial charge >= 0.3 is 0 Å². The monoisotopic (exact) mass is 170 g/mol. The number of halogens is 1. The zero-order chi connectivity index (χ0) is 8.97. The molecule has 1 rings (SSSR count). The molecule has 0 amide bonds. The molecule has 0 spiro atoms. The van der Waals surface area contributed by atoms with E-state index in [0.717, 1.165) is 0 Å². The molecule has 12 heavy (non-hydrogen) atoms. The van der Waals surface area contributed by atoms with Gasteiger partial charge in [0.25, 0.3) is 0 Å². The molecule has 0 radical (unpaired) electrons. The van der Waals surface area contributed by atoms with Crippen LogP contribution in [0.2, 0.25) is 0 Å². The number of rotatable bonds is 3. The highest BCUT2D eigenvalue weighted by Gasteiger charge is 2.08. The van der Waals surface area contributed by atoms with Gasteiger partial charge in [0.15, 0.2) is 0 Å². The predicted octanol–water partition coefficient (Wildman–Crippen LogP) is 1.79. The standard InChI is InChI=1S/C9H11FO2/c10-9(4-5-11)7-2-1-3-8(12)6-7/h1-3,6,9,11-12H,4-5H2. The van der Waals surface area contributed by atoms with Gasteiger partial charge in [-0.3, -0.25) is 0 Å². The Balaban J connectivity index is 2.73. The maximum atomic E-state index is 13.0. The SMILES string of the molecule is OCCC(F)c1cccc(O)c1. The number of phenols is 1. The number of aliphatic hydroxyl groups is 1. The molecule has 0 bridgehead atoms. The normalized spacial score (nSPS) is 12.8. The Morgan fingerprint density at radius 2 is 2.17 bits per heavy atom. The van der Waals surface area contributed by atoms with Gasteiger partial charge in [0.05, 0.1) is 0 Å². The van der Waals surface area contributed by atoms with Crippen molar-refractivity contribution in [3.8, 4) is 5.75 Å². The van der Waals surface area contributed by atoms with Gasteiger partial charge in [-0.2, -0.15) is 0 Å². The Labute approximate surface area is 70.3 Å². The summed E-state index contributed by atoms with van der Waals surface area (Å²) in [5, 5.41) is 17.5.